The number of aliphatic hydroxyl groups is 2. The van der Waals surface area contributed by atoms with Crippen molar-refractivity contribution in [1.29, 1.82) is 0 Å². The molecule has 0 saturated heterocycles. The molecule has 1 aliphatic carbocycles. The smallest absolute Gasteiger partial charge is 0.0433 e. The maximum Gasteiger partial charge on any atom is 0.0433 e. The Bertz CT molecular complexity index is 91.7. The van der Waals surface area contributed by atoms with Crippen LogP contribution in [0.4, 0.5) is 0 Å². The molecule has 0 aromatic carbocycles. The third kappa shape index (κ3) is 2.46. The SMILES string of the molecule is OCC[C@H]1CCC[C@@H]1CCO. The van der Waals surface area contributed by atoms with Gasteiger partial charge in [-0.1, -0.05) is 19.3 Å². The van der Waals surface area contributed by atoms with Crippen molar-refractivity contribution in [3.8, 4) is 0 Å². The van der Waals surface area contributed by atoms with E-state index in [1.807, 2.05) is 0 Å². The molecule has 0 spiro atoms. The fourth-order valence-corrected chi connectivity index (χ4v) is 2.21. The highest BCUT2D eigenvalue weighted by molar-refractivity contribution is 4.76. The maximum absolute atomic E-state index is 8.75. The minimum atomic E-state index is 0.312. The van der Waals surface area contributed by atoms with E-state index in [-0.39, 0.29) is 0 Å². The largest absolute Gasteiger partial charge is 0.396 e. The standard InChI is InChI=1S/C9H18O2/c10-6-4-8-2-1-3-9(8)5-7-11/h8-11H,1-7H2/t8-,9-/m1/s1. The van der Waals surface area contributed by atoms with Crippen LogP contribution in [0, 0.1) is 11.8 Å². The van der Waals surface area contributed by atoms with Gasteiger partial charge in [0.1, 0.15) is 0 Å². The van der Waals surface area contributed by atoms with Crippen molar-refractivity contribution in [3.63, 3.8) is 0 Å². The van der Waals surface area contributed by atoms with Crippen molar-refractivity contribution < 1.29 is 10.2 Å². The van der Waals surface area contributed by atoms with Crippen LogP contribution in [0.15, 0.2) is 0 Å². The normalized spacial score (nSPS) is 31.1. The van der Waals surface area contributed by atoms with Crippen molar-refractivity contribution in [2.45, 2.75) is 32.1 Å². The zero-order chi connectivity index (χ0) is 8.10. The molecule has 2 nitrogen and oxygen atoms in total. The van der Waals surface area contributed by atoms with E-state index in [1.54, 1.807) is 0 Å². The van der Waals surface area contributed by atoms with Gasteiger partial charge in [0.05, 0.1) is 0 Å². The van der Waals surface area contributed by atoms with Crippen LogP contribution in [-0.4, -0.2) is 23.4 Å². The molecule has 0 amide bonds. The van der Waals surface area contributed by atoms with Gasteiger partial charge in [-0.25, -0.2) is 0 Å². The van der Waals surface area contributed by atoms with Gasteiger partial charge in [0.25, 0.3) is 0 Å². The van der Waals surface area contributed by atoms with E-state index in [2.05, 4.69) is 0 Å². The quantitative estimate of drug-likeness (QED) is 0.644. The first kappa shape index (κ1) is 9.01. The fraction of sp³-hybridized carbons (Fsp3) is 1.00. The van der Waals surface area contributed by atoms with Crippen molar-refractivity contribution in [1.82, 2.24) is 0 Å². The summed E-state index contributed by atoms with van der Waals surface area (Å²) in [5.74, 6) is 1.37. The minimum Gasteiger partial charge on any atom is -0.396 e. The fourth-order valence-electron chi connectivity index (χ4n) is 2.21. The van der Waals surface area contributed by atoms with Crippen LogP contribution in [-0.2, 0) is 0 Å². The third-order valence-electron chi connectivity index (χ3n) is 2.82. The molecule has 0 aliphatic heterocycles. The maximum atomic E-state index is 8.75. The predicted octanol–water partition coefficient (Wildman–Crippen LogP) is 1.17. The topological polar surface area (TPSA) is 40.5 Å². The molecule has 2 atom stereocenters. The second kappa shape index (κ2) is 4.73. The molecule has 1 aliphatic rings. The molecule has 66 valence electrons. The van der Waals surface area contributed by atoms with Crippen LogP contribution in [0.25, 0.3) is 0 Å². The van der Waals surface area contributed by atoms with E-state index in [9.17, 15) is 0 Å². The van der Waals surface area contributed by atoms with Crippen molar-refractivity contribution >= 4 is 0 Å². The molecule has 0 heterocycles. The molecule has 1 fully saturated rings. The molecule has 1 rings (SSSR count). The summed E-state index contributed by atoms with van der Waals surface area (Å²) in [5.41, 5.74) is 0. The van der Waals surface area contributed by atoms with E-state index in [1.165, 1.54) is 19.3 Å². The van der Waals surface area contributed by atoms with Gasteiger partial charge >= 0.3 is 0 Å². The molecule has 0 radical (unpaired) electrons. The molecular formula is C9H18O2. The van der Waals surface area contributed by atoms with E-state index in [4.69, 9.17) is 10.2 Å². The molecule has 0 bridgehead atoms. The second-order valence-corrected chi connectivity index (χ2v) is 3.48. The van der Waals surface area contributed by atoms with Crippen LogP contribution in [0.2, 0.25) is 0 Å². The highest BCUT2D eigenvalue weighted by Crippen LogP contribution is 2.35. The highest BCUT2D eigenvalue weighted by Gasteiger charge is 2.25. The van der Waals surface area contributed by atoms with E-state index in [0.717, 1.165) is 12.8 Å². The lowest BCUT2D eigenvalue weighted by atomic mass is 9.91. The monoisotopic (exact) mass is 158 g/mol. The molecule has 0 unspecified atom stereocenters. The summed E-state index contributed by atoms with van der Waals surface area (Å²) < 4.78 is 0. The van der Waals surface area contributed by atoms with Gasteiger partial charge < -0.3 is 10.2 Å². The van der Waals surface area contributed by atoms with Gasteiger partial charge in [-0.05, 0) is 24.7 Å². The van der Waals surface area contributed by atoms with E-state index < -0.39 is 0 Å². The lowest BCUT2D eigenvalue weighted by Crippen LogP contribution is -2.11. The van der Waals surface area contributed by atoms with Crippen LogP contribution in [0.5, 0.6) is 0 Å². The Balaban J connectivity index is 2.25. The lowest BCUT2D eigenvalue weighted by molar-refractivity contribution is 0.200. The molecular weight excluding hydrogens is 140 g/mol. The van der Waals surface area contributed by atoms with Gasteiger partial charge in [0.15, 0.2) is 0 Å². The lowest BCUT2D eigenvalue weighted by Gasteiger charge is -2.16. The van der Waals surface area contributed by atoms with Gasteiger partial charge in [-0.2, -0.15) is 0 Å². The molecule has 1 saturated carbocycles. The molecule has 0 aromatic heterocycles. The Labute approximate surface area is 68.2 Å². The Morgan fingerprint density at radius 3 is 1.73 bits per heavy atom. The highest BCUT2D eigenvalue weighted by atomic mass is 16.3. The summed E-state index contributed by atoms with van der Waals surface area (Å²) in [6.45, 7) is 0.624. The zero-order valence-electron chi connectivity index (χ0n) is 7.00. The average molecular weight is 158 g/mol. The first-order chi connectivity index (χ1) is 5.38. The van der Waals surface area contributed by atoms with Crippen molar-refractivity contribution in [3.05, 3.63) is 0 Å². The average Bonchev–Trinajstić information content (AvgIpc) is 2.39. The molecule has 11 heavy (non-hydrogen) atoms. The summed E-state index contributed by atoms with van der Waals surface area (Å²) in [7, 11) is 0. The summed E-state index contributed by atoms with van der Waals surface area (Å²) in [4.78, 5) is 0. The summed E-state index contributed by atoms with van der Waals surface area (Å²) in [6.07, 6.45) is 5.67. The van der Waals surface area contributed by atoms with Crippen molar-refractivity contribution in [2.24, 2.45) is 11.8 Å². The zero-order valence-corrected chi connectivity index (χ0v) is 7.00. The minimum absolute atomic E-state index is 0.312. The number of rotatable bonds is 4. The van der Waals surface area contributed by atoms with E-state index in [0.29, 0.717) is 25.0 Å². The Hall–Kier alpha value is -0.0800. The number of hydrogen-bond donors (Lipinski definition) is 2. The number of hydrogen-bond acceptors (Lipinski definition) is 2. The number of aliphatic hydroxyl groups excluding tert-OH is 2. The van der Waals surface area contributed by atoms with Gasteiger partial charge in [0.2, 0.25) is 0 Å². The summed E-state index contributed by atoms with van der Waals surface area (Å²) in [6, 6.07) is 0. The van der Waals surface area contributed by atoms with Crippen LogP contribution >= 0.6 is 0 Å². The molecule has 0 aromatic rings. The van der Waals surface area contributed by atoms with E-state index >= 15 is 0 Å². The van der Waals surface area contributed by atoms with Crippen LogP contribution < -0.4 is 0 Å². The van der Waals surface area contributed by atoms with Gasteiger partial charge in [-0.3, -0.25) is 0 Å². The molecule has 2 heteroatoms. The Morgan fingerprint density at radius 2 is 1.36 bits per heavy atom. The van der Waals surface area contributed by atoms with Crippen molar-refractivity contribution in [2.75, 3.05) is 13.2 Å². The second-order valence-electron chi connectivity index (χ2n) is 3.48. The Morgan fingerprint density at radius 1 is 0.909 bits per heavy atom. The van der Waals surface area contributed by atoms with Gasteiger partial charge in [0, 0.05) is 13.2 Å². The van der Waals surface area contributed by atoms with Crippen LogP contribution in [0.1, 0.15) is 32.1 Å². The third-order valence-corrected chi connectivity index (χ3v) is 2.82. The summed E-state index contributed by atoms with van der Waals surface area (Å²) >= 11 is 0. The first-order valence-corrected chi connectivity index (χ1v) is 4.60. The first-order valence-electron chi connectivity index (χ1n) is 4.60. The molecule has 2 N–H and O–H groups in total. The summed E-state index contributed by atoms with van der Waals surface area (Å²) in [5, 5.41) is 17.5. The Kier molecular flexibility index (Phi) is 3.87. The predicted molar refractivity (Wildman–Crippen MR) is 44.2 cm³/mol. The van der Waals surface area contributed by atoms with Crippen LogP contribution in [0.3, 0.4) is 0 Å². The van der Waals surface area contributed by atoms with Gasteiger partial charge in [-0.15, -0.1) is 0 Å².